The van der Waals surface area contributed by atoms with Crippen molar-refractivity contribution < 1.29 is 4.42 Å². The van der Waals surface area contributed by atoms with Gasteiger partial charge in [0.05, 0.1) is 16.6 Å². The molecule has 0 amide bonds. The molecule has 0 atom stereocenters. The van der Waals surface area contributed by atoms with Crippen LogP contribution in [0.1, 0.15) is 0 Å². The van der Waals surface area contributed by atoms with Crippen LogP contribution in [0.25, 0.3) is 83.2 Å². The van der Waals surface area contributed by atoms with Gasteiger partial charge in [-0.3, -0.25) is 4.40 Å². The molecule has 0 bridgehead atoms. The number of rotatable bonds is 3. The van der Waals surface area contributed by atoms with Crippen LogP contribution in [0.4, 0.5) is 0 Å². The summed E-state index contributed by atoms with van der Waals surface area (Å²) in [5, 5.41) is 3.60. The number of oxazole rings is 1. The highest BCUT2D eigenvalue weighted by Gasteiger charge is 2.14. The molecule has 4 heteroatoms. The average molecular weight is 538 g/mol. The van der Waals surface area contributed by atoms with Gasteiger partial charge in [-0.15, -0.1) is 0 Å². The van der Waals surface area contributed by atoms with Gasteiger partial charge >= 0.3 is 0 Å². The van der Waals surface area contributed by atoms with Crippen molar-refractivity contribution in [3.05, 3.63) is 140 Å². The number of imidazole rings is 1. The van der Waals surface area contributed by atoms with E-state index in [4.69, 9.17) is 9.40 Å². The summed E-state index contributed by atoms with van der Waals surface area (Å²) in [5.41, 5.74) is 11.6. The lowest BCUT2D eigenvalue weighted by atomic mass is 9.97. The number of nitrogens with zero attached hydrogens (tertiary/aromatic N) is 3. The van der Waals surface area contributed by atoms with Crippen LogP contribution < -0.4 is 0 Å². The van der Waals surface area contributed by atoms with Crippen molar-refractivity contribution in [2.45, 2.75) is 0 Å². The minimum Gasteiger partial charge on any atom is -0.436 e. The standard InChI is InChI=1S/C38H23N3O/c1-4-10-34-30(7-1)29-22-21-28(23-31(29)37-39-32-8-2-5-11-35(32)41(34)37)26-15-13-24(14-16-26)25-17-19-27(20-18-25)38-40-33-9-3-6-12-36(33)42-38/h1-23H. The van der Waals surface area contributed by atoms with Crippen molar-refractivity contribution in [2.75, 3.05) is 0 Å². The molecule has 9 rings (SSSR count). The van der Waals surface area contributed by atoms with Gasteiger partial charge in [0.1, 0.15) is 11.2 Å². The number of para-hydroxylation sites is 5. The van der Waals surface area contributed by atoms with Gasteiger partial charge in [-0.05, 0) is 76.2 Å². The highest BCUT2D eigenvalue weighted by Crippen LogP contribution is 2.35. The Morgan fingerprint density at radius 1 is 0.429 bits per heavy atom. The van der Waals surface area contributed by atoms with Crippen molar-refractivity contribution in [3.63, 3.8) is 0 Å². The third kappa shape index (κ3) is 3.49. The third-order valence-corrected chi connectivity index (χ3v) is 8.23. The van der Waals surface area contributed by atoms with E-state index in [2.05, 4.69) is 125 Å². The lowest BCUT2D eigenvalue weighted by Crippen LogP contribution is -1.92. The minimum atomic E-state index is 0.640. The zero-order chi connectivity index (χ0) is 27.6. The molecule has 6 aromatic carbocycles. The quantitative estimate of drug-likeness (QED) is 0.211. The third-order valence-electron chi connectivity index (χ3n) is 8.23. The monoisotopic (exact) mass is 537 g/mol. The fourth-order valence-electron chi connectivity index (χ4n) is 6.15. The van der Waals surface area contributed by atoms with E-state index in [1.54, 1.807) is 0 Å². The lowest BCUT2D eigenvalue weighted by Gasteiger charge is -2.11. The lowest BCUT2D eigenvalue weighted by molar-refractivity contribution is 0.620. The molecule has 0 saturated carbocycles. The van der Waals surface area contributed by atoms with Crippen LogP contribution >= 0.6 is 0 Å². The molecule has 0 unspecified atom stereocenters. The first-order valence-corrected chi connectivity index (χ1v) is 14.1. The molecule has 4 nitrogen and oxygen atoms in total. The van der Waals surface area contributed by atoms with Gasteiger partial charge in [0.15, 0.2) is 5.58 Å². The molecule has 0 saturated heterocycles. The molecule has 0 spiro atoms. The van der Waals surface area contributed by atoms with Gasteiger partial charge in [-0.1, -0.05) is 91.0 Å². The van der Waals surface area contributed by atoms with E-state index >= 15 is 0 Å². The zero-order valence-corrected chi connectivity index (χ0v) is 22.5. The van der Waals surface area contributed by atoms with E-state index in [1.165, 1.54) is 27.4 Å². The maximum atomic E-state index is 5.95. The summed E-state index contributed by atoms with van der Waals surface area (Å²) in [7, 11) is 0. The Morgan fingerprint density at radius 2 is 1.02 bits per heavy atom. The number of fused-ring (bicyclic) bond motifs is 9. The molecule has 0 radical (unpaired) electrons. The van der Waals surface area contributed by atoms with E-state index in [-0.39, 0.29) is 0 Å². The summed E-state index contributed by atoms with van der Waals surface area (Å²) < 4.78 is 8.24. The van der Waals surface area contributed by atoms with Gasteiger partial charge in [0, 0.05) is 16.3 Å². The summed E-state index contributed by atoms with van der Waals surface area (Å²) in [4.78, 5) is 9.70. The van der Waals surface area contributed by atoms with Gasteiger partial charge in [-0.2, -0.15) is 0 Å². The molecule has 196 valence electrons. The summed E-state index contributed by atoms with van der Waals surface area (Å²) >= 11 is 0. The van der Waals surface area contributed by atoms with Crippen LogP contribution in [-0.2, 0) is 0 Å². The molecule has 42 heavy (non-hydrogen) atoms. The first kappa shape index (κ1) is 23.0. The second-order valence-electron chi connectivity index (χ2n) is 10.7. The van der Waals surface area contributed by atoms with Gasteiger partial charge in [0.2, 0.25) is 5.89 Å². The predicted octanol–water partition coefficient (Wildman–Crippen LogP) is 9.94. The van der Waals surface area contributed by atoms with E-state index in [0.717, 1.165) is 49.9 Å². The Bertz CT molecular complexity index is 2420. The zero-order valence-electron chi connectivity index (χ0n) is 22.5. The summed E-state index contributed by atoms with van der Waals surface area (Å²) in [5.74, 6) is 0.640. The van der Waals surface area contributed by atoms with Crippen molar-refractivity contribution in [3.8, 4) is 33.7 Å². The first-order valence-electron chi connectivity index (χ1n) is 14.1. The fourth-order valence-corrected chi connectivity index (χ4v) is 6.15. The molecule has 0 aliphatic carbocycles. The summed E-state index contributed by atoms with van der Waals surface area (Å²) in [6.45, 7) is 0. The topological polar surface area (TPSA) is 43.3 Å². The van der Waals surface area contributed by atoms with E-state index in [0.29, 0.717) is 5.89 Å². The molecule has 0 aliphatic rings. The highest BCUT2D eigenvalue weighted by atomic mass is 16.3. The van der Waals surface area contributed by atoms with Crippen molar-refractivity contribution in [1.29, 1.82) is 0 Å². The Balaban J connectivity index is 1.10. The number of hydrogen-bond acceptors (Lipinski definition) is 3. The first-order chi connectivity index (χ1) is 20.8. The van der Waals surface area contributed by atoms with Gasteiger partial charge < -0.3 is 4.42 Å². The van der Waals surface area contributed by atoms with Crippen molar-refractivity contribution in [1.82, 2.24) is 14.4 Å². The van der Waals surface area contributed by atoms with Crippen molar-refractivity contribution in [2.24, 2.45) is 0 Å². The van der Waals surface area contributed by atoms with Gasteiger partial charge in [0.25, 0.3) is 0 Å². The summed E-state index contributed by atoms with van der Waals surface area (Å²) in [6, 6.07) is 48.7. The molecule has 0 fully saturated rings. The van der Waals surface area contributed by atoms with Crippen LogP contribution in [0.2, 0.25) is 0 Å². The Labute approximate surface area is 241 Å². The van der Waals surface area contributed by atoms with Crippen LogP contribution in [0.3, 0.4) is 0 Å². The van der Waals surface area contributed by atoms with E-state index in [1.807, 2.05) is 24.3 Å². The summed E-state index contributed by atoms with van der Waals surface area (Å²) in [6.07, 6.45) is 0. The van der Waals surface area contributed by atoms with E-state index in [9.17, 15) is 0 Å². The number of benzene rings is 6. The van der Waals surface area contributed by atoms with Crippen LogP contribution in [-0.4, -0.2) is 14.4 Å². The number of aromatic nitrogens is 3. The molecule has 0 N–H and O–H groups in total. The second kappa shape index (κ2) is 8.88. The maximum absolute atomic E-state index is 5.95. The number of pyridine rings is 1. The Morgan fingerprint density at radius 3 is 1.79 bits per heavy atom. The predicted molar refractivity (Wildman–Crippen MR) is 172 cm³/mol. The SMILES string of the molecule is c1ccc2oc(-c3ccc(-c4ccc(-c5ccc6c7ccccc7n7c8ccccc8nc7c6c5)cc4)cc3)nc2c1. The molecule has 3 heterocycles. The fraction of sp³-hybridized carbons (Fsp3) is 0. The largest absolute Gasteiger partial charge is 0.436 e. The normalized spacial score (nSPS) is 11.8. The van der Waals surface area contributed by atoms with Crippen LogP contribution in [0, 0.1) is 0 Å². The molecule has 0 aliphatic heterocycles. The Kier molecular flexibility index (Phi) is 4.87. The van der Waals surface area contributed by atoms with Crippen LogP contribution in [0.15, 0.2) is 144 Å². The van der Waals surface area contributed by atoms with Gasteiger partial charge in [-0.25, -0.2) is 9.97 Å². The second-order valence-corrected chi connectivity index (χ2v) is 10.7. The highest BCUT2D eigenvalue weighted by molar-refractivity contribution is 6.14. The molecule has 3 aromatic heterocycles. The molecular weight excluding hydrogens is 514 g/mol. The number of hydrogen-bond donors (Lipinski definition) is 0. The maximum Gasteiger partial charge on any atom is 0.227 e. The molecule has 9 aromatic rings. The van der Waals surface area contributed by atoms with E-state index < -0.39 is 0 Å². The average Bonchev–Trinajstić information content (AvgIpc) is 3.67. The molecular formula is C38H23N3O. The van der Waals surface area contributed by atoms with Crippen LogP contribution in [0.5, 0.6) is 0 Å². The minimum absolute atomic E-state index is 0.640. The Hall–Kier alpha value is -5.74. The van der Waals surface area contributed by atoms with Crippen molar-refractivity contribution >= 4 is 49.5 Å². The smallest absolute Gasteiger partial charge is 0.227 e.